The largest absolute Gasteiger partial charge is 0.369 e. The minimum absolute atomic E-state index is 0.176. The first-order chi connectivity index (χ1) is 12.5. The molecule has 134 valence electrons. The molecular formula is C20H21N3O3. The maximum Gasteiger partial charge on any atom is 0.255 e. The lowest BCUT2D eigenvalue weighted by molar-refractivity contribution is -0.128. The topological polar surface area (TPSA) is 92.5 Å². The van der Waals surface area contributed by atoms with E-state index in [0.717, 1.165) is 24.1 Å². The molecule has 6 heteroatoms. The number of hydrogen-bond acceptors (Lipinski definition) is 3. The average molecular weight is 351 g/mol. The number of rotatable bonds is 6. The molecule has 0 aromatic heterocycles. The second-order valence-electron chi connectivity index (χ2n) is 6.41. The van der Waals surface area contributed by atoms with E-state index in [9.17, 15) is 14.4 Å². The minimum Gasteiger partial charge on any atom is -0.369 e. The Morgan fingerprint density at radius 1 is 1.00 bits per heavy atom. The van der Waals surface area contributed by atoms with Gasteiger partial charge >= 0.3 is 0 Å². The van der Waals surface area contributed by atoms with Gasteiger partial charge in [-0.25, -0.2) is 0 Å². The van der Waals surface area contributed by atoms with E-state index in [2.05, 4.69) is 5.32 Å². The van der Waals surface area contributed by atoms with Gasteiger partial charge in [0.25, 0.3) is 5.91 Å². The van der Waals surface area contributed by atoms with Gasteiger partial charge in [0.15, 0.2) is 0 Å². The lowest BCUT2D eigenvalue weighted by Gasteiger charge is -2.15. The molecule has 3 N–H and O–H groups in total. The Balaban J connectivity index is 1.59. The van der Waals surface area contributed by atoms with Crippen molar-refractivity contribution in [1.82, 2.24) is 4.90 Å². The molecule has 0 bridgehead atoms. The number of nitrogens with two attached hydrogens (primary N) is 1. The normalized spacial score (nSPS) is 13.7. The number of hydrogen-bond donors (Lipinski definition) is 2. The maximum atomic E-state index is 12.3. The number of anilines is 1. The number of likely N-dealkylation sites (tertiary alicyclic amines) is 1. The highest BCUT2D eigenvalue weighted by Gasteiger charge is 2.20. The summed E-state index contributed by atoms with van der Waals surface area (Å²) in [6.07, 6.45) is 1.71. The van der Waals surface area contributed by atoms with Gasteiger partial charge in [-0.15, -0.1) is 0 Å². The first-order valence-corrected chi connectivity index (χ1v) is 8.56. The molecule has 0 atom stereocenters. The highest BCUT2D eigenvalue weighted by molar-refractivity contribution is 6.04. The zero-order valence-corrected chi connectivity index (χ0v) is 14.4. The Morgan fingerprint density at radius 3 is 2.23 bits per heavy atom. The van der Waals surface area contributed by atoms with Crippen molar-refractivity contribution in [3.8, 4) is 0 Å². The fourth-order valence-electron chi connectivity index (χ4n) is 2.96. The predicted molar refractivity (Wildman–Crippen MR) is 98.4 cm³/mol. The molecule has 3 amide bonds. The third kappa shape index (κ3) is 4.47. The second-order valence-corrected chi connectivity index (χ2v) is 6.41. The van der Waals surface area contributed by atoms with Crippen LogP contribution in [-0.2, 0) is 22.6 Å². The van der Waals surface area contributed by atoms with Crippen molar-refractivity contribution in [2.24, 2.45) is 5.73 Å². The van der Waals surface area contributed by atoms with Crippen molar-refractivity contribution >= 4 is 23.4 Å². The third-order valence-electron chi connectivity index (χ3n) is 4.35. The molecule has 0 aliphatic carbocycles. The van der Waals surface area contributed by atoms with Gasteiger partial charge in [0, 0.05) is 30.8 Å². The highest BCUT2D eigenvalue weighted by Crippen LogP contribution is 2.16. The van der Waals surface area contributed by atoms with Gasteiger partial charge in [-0.3, -0.25) is 14.4 Å². The molecule has 3 rings (SSSR count). The SMILES string of the molecule is NC(=O)Cc1ccc(NC(=O)c2ccc(CN3CCCC3=O)cc2)cc1. The smallest absolute Gasteiger partial charge is 0.255 e. The quantitative estimate of drug-likeness (QED) is 0.834. The fraction of sp³-hybridized carbons (Fsp3) is 0.250. The van der Waals surface area contributed by atoms with Gasteiger partial charge in [-0.1, -0.05) is 24.3 Å². The van der Waals surface area contributed by atoms with Crippen LogP contribution in [0.1, 0.15) is 34.3 Å². The van der Waals surface area contributed by atoms with Crippen molar-refractivity contribution < 1.29 is 14.4 Å². The van der Waals surface area contributed by atoms with Crippen molar-refractivity contribution in [3.05, 3.63) is 65.2 Å². The summed E-state index contributed by atoms with van der Waals surface area (Å²) in [5.41, 5.74) is 8.16. The van der Waals surface area contributed by atoms with Crippen LogP contribution in [-0.4, -0.2) is 29.2 Å². The zero-order valence-electron chi connectivity index (χ0n) is 14.4. The monoisotopic (exact) mass is 351 g/mol. The van der Waals surface area contributed by atoms with Crippen LogP contribution in [0.3, 0.4) is 0 Å². The van der Waals surface area contributed by atoms with Crippen molar-refractivity contribution in [3.63, 3.8) is 0 Å². The number of benzene rings is 2. The van der Waals surface area contributed by atoms with Gasteiger partial charge in [0.2, 0.25) is 11.8 Å². The molecule has 1 aliphatic rings. The molecule has 0 saturated carbocycles. The molecule has 0 unspecified atom stereocenters. The molecule has 0 spiro atoms. The van der Waals surface area contributed by atoms with Gasteiger partial charge in [0.05, 0.1) is 6.42 Å². The molecule has 1 aliphatic heterocycles. The van der Waals surface area contributed by atoms with Gasteiger partial charge in [-0.2, -0.15) is 0 Å². The summed E-state index contributed by atoms with van der Waals surface area (Å²) < 4.78 is 0. The van der Waals surface area contributed by atoms with Crippen LogP contribution in [0.15, 0.2) is 48.5 Å². The number of carbonyl (C=O) groups is 3. The molecule has 1 heterocycles. The summed E-state index contributed by atoms with van der Waals surface area (Å²) in [4.78, 5) is 36.7. The average Bonchev–Trinajstić information content (AvgIpc) is 3.01. The van der Waals surface area contributed by atoms with E-state index in [1.54, 1.807) is 36.4 Å². The van der Waals surface area contributed by atoms with Crippen molar-refractivity contribution in [2.75, 3.05) is 11.9 Å². The third-order valence-corrected chi connectivity index (χ3v) is 4.35. The van der Waals surface area contributed by atoms with Gasteiger partial charge in [0.1, 0.15) is 0 Å². The summed E-state index contributed by atoms with van der Waals surface area (Å²) in [7, 11) is 0. The number of nitrogens with one attached hydrogen (secondary N) is 1. The Hall–Kier alpha value is -3.15. The fourth-order valence-corrected chi connectivity index (χ4v) is 2.96. The van der Waals surface area contributed by atoms with Crippen molar-refractivity contribution in [2.45, 2.75) is 25.8 Å². The first-order valence-electron chi connectivity index (χ1n) is 8.56. The van der Waals surface area contributed by atoms with E-state index in [0.29, 0.717) is 24.2 Å². The summed E-state index contributed by atoms with van der Waals surface area (Å²) >= 11 is 0. The Labute approximate surface area is 152 Å². The van der Waals surface area contributed by atoms with Crippen LogP contribution in [0.2, 0.25) is 0 Å². The lowest BCUT2D eigenvalue weighted by atomic mass is 10.1. The first kappa shape index (κ1) is 17.7. The number of amides is 3. The van der Waals surface area contributed by atoms with Crippen LogP contribution in [0.25, 0.3) is 0 Å². The lowest BCUT2D eigenvalue weighted by Crippen LogP contribution is -2.23. The standard InChI is InChI=1S/C20H21N3O3/c21-18(24)12-14-5-9-17(10-6-14)22-20(26)16-7-3-15(4-8-16)13-23-11-1-2-19(23)25/h3-10H,1-2,11-13H2,(H2,21,24)(H,22,26). The minimum atomic E-state index is -0.391. The molecule has 2 aromatic rings. The molecule has 2 aromatic carbocycles. The molecule has 0 radical (unpaired) electrons. The van der Waals surface area contributed by atoms with E-state index in [-0.39, 0.29) is 18.2 Å². The number of primary amides is 1. The summed E-state index contributed by atoms with van der Waals surface area (Å²) in [5, 5.41) is 2.82. The molecule has 1 fully saturated rings. The summed E-state index contributed by atoms with van der Waals surface area (Å²) in [5.74, 6) is -0.416. The van der Waals surface area contributed by atoms with E-state index in [1.165, 1.54) is 0 Å². The molecule has 1 saturated heterocycles. The van der Waals surface area contributed by atoms with Crippen LogP contribution in [0.4, 0.5) is 5.69 Å². The number of nitrogens with zero attached hydrogens (tertiary/aromatic N) is 1. The van der Waals surface area contributed by atoms with Crippen LogP contribution in [0, 0.1) is 0 Å². The predicted octanol–water partition coefficient (Wildman–Crippen LogP) is 2.09. The van der Waals surface area contributed by atoms with E-state index in [4.69, 9.17) is 5.73 Å². The maximum absolute atomic E-state index is 12.3. The molecular weight excluding hydrogens is 330 g/mol. The molecule has 26 heavy (non-hydrogen) atoms. The zero-order chi connectivity index (χ0) is 18.5. The van der Waals surface area contributed by atoms with E-state index in [1.807, 2.05) is 17.0 Å². The van der Waals surface area contributed by atoms with Crippen LogP contribution < -0.4 is 11.1 Å². The Morgan fingerprint density at radius 2 is 1.65 bits per heavy atom. The summed E-state index contributed by atoms with van der Waals surface area (Å²) in [6, 6.07) is 14.3. The number of carbonyl (C=O) groups excluding carboxylic acids is 3. The van der Waals surface area contributed by atoms with Gasteiger partial charge in [-0.05, 0) is 41.8 Å². The van der Waals surface area contributed by atoms with Crippen LogP contribution >= 0.6 is 0 Å². The van der Waals surface area contributed by atoms with Gasteiger partial charge < -0.3 is 16.0 Å². The summed E-state index contributed by atoms with van der Waals surface area (Å²) in [6.45, 7) is 1.38. The Kier molecular flexibility index (Phi) is 5.31. The van der Waals surface area contributed by atoms with Crippen LogP contribution in [0.5, 0.6) is 0 Å². The molecule has 6 nitrogen and oxygen atoms in total. The van der Waals surface area contributed by atoms with E-state index >= 15 is 0 Å². The van der Waals surface area contributed by atoms with E-state index < -0.39 is 5.91 Å². The highest BCUT2D eigenvalue weighted by atomic mass is 16.2. The Bertz CT molecular complexity index is 813. The second kappa shape index (κ2) is 7.82. The van der Waals surface area contributed by atoms with Crippen molar-refractivity contribution in [1.29, 1.82) is 0 Å².